The highest BCUT2D eigenvalue weighted by molar-refractivity contribution is 5.85. The first-order chi connectivity index (χ1) is 14.4. The zero-order chi connectivity index (χ0) is 22.8. The lowest BCUT2D eigenvalue weighted by molar-refractivity contribution is -0.174. The van der Waals surface area contributed by atoms with Gasteiger partial charge in [0.15, 0.2) is 0 Å². The molecule has 0 aliphatic heterocycles. The highest BCUT2D eigenvalue weighted by atomic mass is 16.1. The van der Waals surface area contributed by atoms with E-state index in [1.54, 1.807) is 11.1 Å². The Hall–Kier alpha value is -0.850. The Bertz CT molecular complexity index is 797. The first-order valence-corrected chi connectivity index (χ1v) is 13.3. The summed E-state index contributed by atoms with van der Waals surface area (Å²) in [6, 6.07) is 0. The highest BCUT2D eigenvalue weighted by Crippen LogP contribution is 2.73. The van der Waals surface area contributed by atoms with Gasteiger partial charge in [-0.3, -0.25) is 4.79 Å². The number of carbonyl (C=O) groups is 1. The molecule has 0 N–H and O–H groups in total. The lowest BCUT2D eigenvalue weighted by Gasteiger charge is -2.67. The summed E-state index contributed by atoms with van der Waals surface area (Å²) in [4.78, 5) is 12.8. The van der Waals surface area contributed by atoms with E-state index in [0.29, 0.717) is 39.8 Å². The van der Waals surface area contributed by atoms with E-state index in [0.717, 1.165) is 18.8 Å². The Morgan fingerprint density at radius 2 is 1.77 bits per heavy atom. The van der Waals surface area contributed by atoms with Crippen LogP contribution in [0.25, 0.3) is 0 Å². The van der Waals surface area contributed by atoms with Gasteiger partial charge < -0.3 is 0 Å². The fraction of sp³-hybridized carbons (Fsp3) is 0.833. The Balaban J connectivity index is 1.66. The summed E-state index contributed by atoms with van der Waals surface area (Å²) < 4.78 is 0. The molecule has 0 radical (unpaired) electrons. The molecule has 6 atom stereocenters. The van der Waals surface area contributed by atoms with Crippen LogP contribution in [0.1, 0.15) is 113 Å². The molecule has 0 aromatic heterocycles. The number of rotatable bonds is 4. The summed E-state index contributed by atoms with van der Waals surface area (Å²) >= 11 is 0. The fourth-order valence-electron chi connectivity index (χ4n) is 9.15. The molecule has 0 spiro atoms. The third-order valence-electron chi connectivity index (χ3n) is 11.3. The number of ketones is 1. The van der Waals surface area contributed by atoms with Crippen LogP contribution >= 0.6 is 0 Å². The first-order valence-electron chi connectivity index (χ1n) is 13.3. The fourth-order valence-corrected chi connectivity index (χ4v) is 9.15. The van der Waals surface area contributed by atoms with Crippen LogP contribution < -0.4 is 0 Å². The van der Waals surface area contributed by atoms with E-state index in [1.807, 2.05) is 0 Å². The van der Waals surface area contributed by atoms with E-state index in [-0.39, 0.29) is 5.41 Å². The molecule has 0 saturated heterocycles. The minimum absolute atomic E-state index is 0.146. The number of hydrogen-bond acceptors (Lipinski definition) is 1. The normalized spacial score (nSPS) is 44.5. The zero-order valence-corrected chi connectivity index (χ0v) is 21.7. The molecule has 1 nitrogen and oxygen atoms in total. The average Bonchev–Trinajstić information content (AvgIpc) is 3.03. The topological polar surface area (TPSA) is 17.1 Å². The van der Waals surface area contributed by atoms with Crippen molar-refractivity contribution in [1.29, 1.82) is 0 Å². The minimum Gasteiger partial charge on any atom is -0.299 e. The molecule has 1 heteroatoms. The van der Waals surface area contributed by atoms with E-state index in [1.165, 1.54) is 44.9 Å². The number of Topliss-reactive ketones (excluding diaryl/α,β-unsaturated/α-hetero) is 1. The van der Waals surface area contributed by atoms with Gasteiger partial charge in [0.1, 0.15) is 5.78 Å². The second kappa shape index (κ2) is 7.59. The minimum atomic E-state index is -0.146. The van der Waals surface area contributed by atoms with Crippen LogP contribution in [0.15, 0.2) is 23.3 Å². The van der Waals surface area contributed by atoms with Gasteiger partial charge in [-0.1, -0.05) is 71.8 Å². The first kappa shape index (κ1) is 23.3. The third-order valence-corrected chi connectivity index (χ3v) is 11.3. The number of hydrogen-bond donors (Lipinski definition) is 0. The lowest BCUT2D eigenvalue weighted by atomic mass is 9.37. The van der Waals surface area contributed by atoms with Crippen LogP contribution in [-0.2, 0) is 4.79 Å². The van der Waals surface area contributed by atoms with E-state index >= 15 is 0 Å². The molecule has 0 amide bonds. The van der Waals surface area contributed by atoms with E-state index < -0.39 is 0 Å². The van der Waals surface area contributed by atoms with Crippen molar-refractivity contribution >= 4 is 5.78 Å². The summed E-state index contributed by atoms with van der Waals surface area (Å²) in [5.74, 6) is 3.23. The molecule has 0 unspecified atom stereocenters. The van der Waals surface area contributed by atoms with Crippen LogP contribution in [0, 0.1) is 45.3 Å². The molecule has 4 aliphatic rings. The molecular formula is C30H48O. The van der Waals surface area contributed by atoms with Crippen LogP contribution in [-0.4, -0.2) is 5.78 Å². The summed E-state index contributed by atoms with van der Waals surface area (Å²) in [7, 11) is 0. The highest BCUT2D eigenvalue weighted by Gasteiger charge is 2.66. The molecule has 3 fully saturated rings. The molecule has 31 heavy (non-hydrogen) atoms. The van der Waals surface area contributed by atoms with Gasteiger partial charge >= 0.3 is 0 Å². The van der Waals surface area contributed by atoms with Crippen LogP contribution in [0.3, 0.4) is 0 Å². The largest absolute Gasteiger partial charge is 0.299 e. The van der Waals surface area contributed by atoms with Crippen LogP contribution in [0.2, 0.25) is 0 Å². The summed E-state index contributed by atoms with van der Waals surface area (Å²) in [5.41, 5.74) is 4.25. The molecule has 0 aromatic rings. The molecule has 0 heterocycles. The van der Waals surface area contributed by atoms with Gasteiger partial charge in [0.2, 0.25) is 0 Å². The van der Waals surface area contributed by atoms with Gasteiger partial charge in [0.25, 0.3) is 0 Å². The van der Waals surface area contributed by atoms with Gasteiger partial charge in [-0.15, -0.1) is 0 Å². The predicted octanol–water partition coefficient (Wildman–Crippen LogP) is 8.54. The quantitative estimate of drug-likeness (QED) is 0.413. The van der Waals surface area contributed by atoms with Crippen LogP contribution in [0.5, 0.6) is 0 Å². The van der Waals surface area contributed by atoms with E-state index in [9.17, 15) is 4.79 Å². The van der Waals surface area contributed by atoms with Crippen molar-refractivity contribution in [3.63, 3.8) is 0 Å². The molecule has 4 rings (SSSR count). The SMILES string of the molecule is C/C(=C/CCC(C)C)[C@H]1CC[C@]2(C)C1=CC[C@@H]1[C@@]3(C)CCC(=O)C(C)(C)[C@@H]3CC[C@]12C. The molecule has 174 valence electrons. The number of fused-ring (bicyclic) bond motifs is 5. The van der Waals surface area contributed by atoms with Crippen molar-refractivity contribution in [2.24, 2.45) is 45.3 Å². The van der Waals surface area contributed by atoms with Crippen molar-refractivity contribution in [3.8, 4) is 0 Å². The second-order valence-corrected chi connectivity index (χ2v) is 13.4. The maximum Gasteiger partial charge on any atom is 0.138 e. The smallest absolute Gasteiger partial charge is 0.138 e. The van der Waals surface area contributed by atoms with E-state index in [4.69, 9.17) is 0 Å². The Labute approximate surface area is 192 Å². The van der Waals surface area contributed by atoms with Gasteiger partial charge in [0, 0.05) is 17.8 Å². The predicted molar refractivity (Wildman–Crippen MR) is 132 cm³/mol. The molecule has 0 bridgehead atoms. The van der Waals surface area contributed by atoms with Crippen molar-refractivity contribution in [3.05, 3.63) is 23.3 Å². The molecule has 0 aromatic carbocycles. The number of carbonyl (C=O) groups excluding carboxylic acids is 1. The molecule has 3 saturated carbocycles. The van der Waals surface area contributed by atoms with Gasteiger partial charge in [0.05, 0.1) is 0 Å². The van der Waals surface area contributed by atoms with Crippen molar-refractivity contribution < 1.29 is 4.79 Å². The summed E-state index contributed by atoms with van der Waals surface area (Å²) in [6.45, 7) is 19.4. The third kappa shape index (κ3) is 3.26. The monoisotopic (exact) mass is 424 g/mol. The maximum atomic E-state index is 12.8. The van der Waals surface area contributed by atoms with Gasteiger partial charge in [-0.2, -0.15) is 0 Å². The Kier molecular flexibility index (Phi) is 5.71. The lowest BCUT2D eigenvalue weighted by Crippen LogP contribution is -2.61. The van der Waals surface area contributed by atoms with Gasteiger partial charge in [-0.05, 0) is 92.3 Å². The molecule has 4 aliphatic carbocycles. The van der Waals surface area contributed by atoms with Crippen molar-refractivity contribution in [1.82, 2.24) is 0 Å². The summed E-state index contributed by atoms with van der Waals surface area (Å²) in [5, 5.41) is 0. The van der Waals surface area contributed by atoms with E-state index in [2.05, 4.69) is 67.5 Å². The zero-order valence-electron chi connectivity index (χ0n) is 21.7. The Morgan fingerprint density at radius 3 is 2.45 bits per heavy atom. The van der Waals surface area contributed by atoms with Crippen molar-refractivity contribution in [2.45, 2.75) is 113 Å². The Morgan fingerprint density at radius 1 is 1.06 bits per heavy atom. The number of allylic oxidation sites excluding steroid dienone is 4. The summed E-state index contributed by atoms with van der Waals surface area (Å²) in [6.07, 6.45) is 16.1. The van der Waals surface area contributed by atoms with Crippen molar-refractivity contribution in [2.75, 3.05) is 0 Å². The van der Waals surface area contributed by atoms with Gasteiger partial charge in [-0.25, -0.2) is 0 Å². The average molecular weight is 425 g/mol. The second-order valence-electron chi connectivity index (χ2n) is 13.4. The maximum absolute atomic E-state index is 12.8. The van der Waals surface area contributed by atoms with Crippen LogP contribution in [0.4, 0.5) is 0 Å². The standard InChI is InChI=1S/C30H48O/c1-20(2)10-9-11-21(3)22-14-18-29(7)23(22)12-13-25-28(6)17-16-26(31)27(4,5)24(28)15-19-30(25,29)8/h11-12,20,22,24-25H,9-10,13-19H2,1-8H3/b21-11-/t22-,24+,25-,28+,29-,30-/m1/s1. The molecular weight excluding hydrogens is 376 g/mol.